The summed E-state index contributed by atoms with van der Waals surface area (Å²) in [6.45, 7) is 13.6. The van der Waals surface area contributed by atoms with Crippen molar-refractivity contribution in [1.82, 2.24) is 24.8 Å². The number of nitrogens with zero attached hydrogens (tertiary/aromatic N) is 5. The van der Waals surface area contributed by atoms with Crippen molar-refractivity contribution in [3.8, 4) is 11.3 Å². The predicted molar refractivity (Wildman–Crippen MR) is 189 cm³/mol. The topological polar surface area (TPSA) is 159 Å². The third-order valence-corrected chi connectivity index (χ3v) is 10.6. The molecule has 14 heteroatoms. The molecule has 4 rings (SSSR count). The number of rotatable bonds is 8. The zero-order chi connectivity index (χ0) is 37.0. The van der Waals surface area contributed by atoms with Gasteiger partial charge in [-0.15, -0.1) is 5.10 Å². The summed E-state index contributed by atoms with van der Waals surface area (Å²) in [5, 5.41) is 8.54. The number of ether oxygens (including phenoxy) is 3. The van der Waals surface area contributed by atoms with Crippen LogP contribution in [0.2, 0.25) is 5.82 Å². The molecule has 0 saturated carbocycles. The highest BCUT2D eigenvalue weighted by Crippen LogP contribution is 2.41. The standard InChI is InChI=1S/C36H53BN6O7/c1-9-31-36(7)32(42(34(47)50-36)16-11-10-15-41-21-28(39-40-41)26-13-12-14-27(38)17-26)24(4)43(25(5)44)20-22(2)19-35(6,48-8)30(37)18-29(45)23(3)33(46)49-31/h12-14,17,21-24,30-32H,9-11,15-16,18-20,38H2,1-8H3/t22-,23-,24-,30-,31-,32-,35+,36-/m1/s1. The molecule has 2 aliphatic heterocycles. The third kappa shape index (κ3) is 8.33. The highest BCUT2D eigenvalue weighted by atomic mass is 16.6. The maximum absolute atomic E-state index is 13.7. The number of benzene rings is 1. The number of cyclic esters (lactones) is 1. The monoisotopic (exact) mass is 692 g/mol. The average Bonchev–Trinajstić information content (AvgIpc) is 3.64. The molecule has 1 aromatic heterocycles. The number of aryl methyl sites for hydroxylation is 1. The Morgan fingerprint density at radius 3 is 2.48 bits per heavy atom. The number of anilines is 1. The molecule has 0 bridgehead atoms. The van der Waals surface area contributed by atoms with Gasteiger partial charge in [0.1, 0.15) is 23.5 Å². The van der Waals surface area contributed by atoms with Gasteiger partial charge in [0.2, 0.25) is 5.91 Å². The lowest BCUT2D eigenvalue weighted by Gasteiger charge is -2.44. The Morgan fingerprint density at radius 1 is 1.14 bits per heavy atom. The molecule has 0 aliphatic carbocycles. The van der Waals surface area contributed by atoms with Crippen LogP contribution in [0.25, 0.3) is 11.3 Å². The van der Waals surface area contributed by atoms with Crippen LogP contribution in [0, 0.1) is 11.8 Å². The summed E-state index contributed by atoms with van der Waals surface area (Å²) in [5.74, 6) is -3.12. The number of hydrogen-bond donors (Lipinski definition) is 1. The normalized spacial score (nSPS) is 31.4. The van der Waals surface area contributed by atoms with Gasteiger partial charge < -0.3 is 24.8 Å². The maximum Gasteiger partial charge on any atom is 0.410 e. The zero-order valence-corrected chi connectivity index (χ0v) is 30.8. The van der Waals surface area contributed by atoms with Crippen molar-refractivity contribution in [2.75, 3.05) is 25.9 Å². The quantitative estimate of drug-likeness (QED) is 0.138. The summed E-state index contributed by atoms with van der Waals surface area (Å²) in [6.07, 6.45) is 2.37. The summed E-state index contributed by atoms with van der Waals surface area (Å²) >= 11 is 0. The first-order valence-electron chi connectivity index (χ1n) is 17.6. The predicted octanol–water partition coefficient (Wildman–Crippen LogP) is 4.44. The van der Waals surface area contributed by atoms with Crippen molar-refractivity contribution in [3.63, 3.8) is 0 Å². The molecule has 2 saturated heterocycles. The number of carbonyl (C=O) groups is 4. The van der Waals surface area contributed by atoms with Gasteiger partial charge in [-0.3, -0.25) is 24.0 Å². The van der Waals surface area contributed by atoms with Crippen LogP contribution < -0.4 is 5.73 Å². The Hall–Kier alpha value is -3.94. The van der Waals surface area contributed by atoms with Gasteiger partial charge in [0.15, 0.2) is 5.60 Å². The smallest absolute Gasteiger partial charge is 0.410 e. The molecule has 2 N–H and O–H groups in total. The second kappa shape index (κ2) is 16.0. The minimum absolute atomic E-state index is 0.0869. The number of aromatic nitrogens is 3. The summed E-state index contributed by atoms with van der Waals surface area (Å²) in [6, 6.07) is 6.25. The van der Waals surface area contributed by atoms with E-state index >= 15 is 0 Å². The molecule has 50 heavy (non-hydrogen) atoms. The van der Waals surface area contributed by atoms with E-state index in [1.807, 2.05) is 58.2 Å². The van der Waals surface area contributed by atoms with Crippen molar-refractivity contribution in [2.24, 2.45) is 11.8 Å². The Labute approximate surface area is 296 Å². The fourth-order valence-corrected chi connectivity index (χ4v) is 7.57. The Bertz CT molecular complexity index is 1540. The van der Waals surface area contributed by atoms with Gasteiger partial charge >= 0.3 is 12.1 Å². The lowest BCUT2D eigenvalue weighted by molar-refractivity contribution is -0.171. The number of nitrogen functional groups attached to an aromatic ring is 1. The van der Waals surface area contributed by atoms with Crippen molar-refractivity contribution < 1.29 is 33.4 Å². The molecule has 0 unspecified atom stereocenters. The van der Waals surface area contributed by atoms with Crippen LogP contribution in [0.15, 0.2) is 30.5 Å². The number of hydrogen-bond acceptors (Lipinski definition) is 10. The van der Waals surface area contributed by atoms with E-state index < -0.39 is 53.2 Å². The summed E-state index contributed by atoms with van der Waals surface area (Å²) in [7, 11) is 8.09. The molecular formula is C36H53BN6O7. The van der Waals surface area contributed by atoms with E-state index in [0.717, 1.165) is 5.56 Å². The molecule has 0 spiro atoms. The van der Waals surface area contributed by atoms with Crippen LogP contribution in [-0.2, 0) is 35.1 Å². The first-order chi connectivity index (χ1) is 23.5. The highest BCUT2D eigenvalue weighted by molar-refractivity contribution is 6.15. The van der Waals surface area contributed by atoms with Crippen LogP contribution in [0.5, 0.6) is 0 Å². The van der Waals surface area contributed by atoms with E-state index in [4.69, 9.17) is 27.8 Å². The first kappa shape index (κ1) is 38.9. The van der Waals surface area contributed by atoms with Gasteiger partial charge in [-0.25, -0.2) is 4.79 Å². The van der Waals surface area contributed by atoms with Crippen molar-refractivity contribution in [1.29, 1.82) is 0 Å². The van der Waals surface area contributed by atoms with Crippen LogP contribution in [0.3, 0.4) is 0 Å². The van der Waals surface area contributed by atoms with Crippen molar-refractivity contribution >= 4 is 37.3 Å². The van der Waals surface area contributed by atoms with Crippen LogP contribution in [0.4, 0.5) is 10.5 Å². The number of amides is 2. The lowest BCUT2D eigenvalue weighted by Crippen LogP contribution is -2.62. The fraction of sp³-hybridized carbons (Fsp3) is 0.667. The van der Waals surface area contributed by atoms with Gasteiger partial charge in [-0.2, -0.15) is 0 Å². The third-order valence-electron chi connectivity index (χ3n) is 10.6. The number of unbranched alkanes of at least 4 members (excludes halogenated alkanes) is 1. The molecule has 8 atom stereocenters. The number of Topliss-reactive ketones (excluding diaryl/α,β-unsaturated/α-hetero) is 1. The van der Waals surface area contributed by atoms with E-state index in [9.17, 15) is 19.2 Å². The first-order valence-corrected chi connectivity index (χ1v) is 17.6. The largest absolute Gasteiger partial charge is 0.458 e. The van der Waals surface area contributed by atoms with E-state index in [0.29, 0.717) is 56.7 Å². The van der Waals surface area contributed by atoms with E-state index in [1.54, 1.807) is 28.5 Å². The van der Waals surface area contributed by atoms with E-state index in [-0.39, 0.29) is 24.0 Å². The van der Waals surface area contributed by atoms with Gasteiger partial charge in [0, 0.05) is 51.3 Å². The maximum atomic E-state index is 13.7. The van der Waals surface area contributed by atoms with Crippen molar-refractivity contribution in [3.05, 3.63) is 30.5 Å². The molecule has 1 aromatic carbocycles. The Kier molecular flexibility index (Phi) is 12.4. The van der Waals surface area contributed by atoms with Crippen LogP contribution >= 0.6 is 0 Å². The molecule has 13 nitrogen and oxygen atoms in total. The SMILES string of the molecule is [B][C@@H]1CC(=O)[C@@H](C)C(=O)O[C@H](CC)[C@@]2(C)OC(=O)N(CCCCn3cc(-c4cccc(N)c4)nn3)[C@@H]2[C@@H](C)N(C(C)=O)C[C@H](C)C[C@]1(C)OC. The second-order valence-corrected chi connectivity index (χ2v) is 14.5. The minimum Gasteiger partial charge on any atom is -0.458 e. The zero-order valence-electron chi connectivity index (χ0n) is 30.8. The molecule has 2 amide bonds. The second-order valence-electron chi connectivity index (χ2n) is 14.5. The molecule has 272 valence electrons. The number of nitrogens with two attached hydrogens (primary N) is 1. The molecule has 2 aliphatic rings. The van der Waals surface area contributed by atoms with Crippen LogP contribution in [-0.4, -0.2) is 106 Å². The molecular weight excluding hydrogens is 639 g/mol. The molecule has 3 heterocycles. The number of carbonyl (C=O) groups excluding carboxylic acids is 4. The van der Waals surface area contributed by atoms with Crippen molar-refractivity contribution in [2.45, 2.75) is 122 Å². The number of fused-ring (bicyclic) bond motifs is 1. The summed E-state index contributed by atoms with van der Waals surface area (Å²) in [4.78, 5) is 57.2. The van der Waals surface area contributed by atoms with Gasteiger partial charge in [0.25, 0.3) is 0 Å². The number of ketones is 1. The van der Waals surface area contributed by atoms with Gasteiger partial charge in [-0.1, -0.05) is 31.2 Å². The van der Waals surface area contributed by atoms with Gasteiger partial charge in [-0.05, 0) is 77.2 Å². The number of methoxy groups -OCH3 is 1. The van der Waals surface area contributed by atoms with E-state index in [2.05, 4.69) is 10.3 Å². The Morgan fingerprint density at radius 2 is 1.84 bits per heavy atom. The lowest BCUT2D eigenvalue weighted by atomic mass is 9.67. The van der Waals surface area contributed by atoms with E-state index in [1.165, 1.54) is 13.8 Å². The average molecular weight is 693 g/mol. The molecule has 2 radical (unpaired) electrons. The number of esters is 1. The minimum atomic E-state index is -1.32. The molecule has 2 fully saturated rings. The highest BCUT2D eigenvalue weighted by Gasteiger charge is 2.59. The Balaban J connectivity index is 1.62. The summed E-state index contributed by atoms with van der Waals surface area (Å²) in [5.41, 5.74) is 5.93. The summed E-state index contributed by atoms with van der Waals surface area (Å²) < 4.78 is 19.8. The van der Waals surface area contributed by atoms with Gasteiger partial charge in [0.05, 0.1) is 31.7 Å². The van der Waals surface area contributed by atoms with Crippen LogP contribution in [0.1, 0.15) is 80.6 Å². The molecule has 2 aromatic rings. The fourth-order valence-electron chi connectivity index (χ4n) is 7.57.